The quantitative estimate of drug-likeness (QED) is 0.402. The van der Waals surface area contributed by atoms with Crippen molar-refractivity contribution < 1.29 is 4.74 Å². The van der Waals surface area contributed by atoms with Gasteiger partial charge in [0.25, 0.3) is 0 Å². The molecule has 0 aliphatic heterocycles. The number of ether oxygens (including phenoxy) is 1. The number of thioether (sulfide) groups is 1. The van der Waals surface area contributed by atoms with E-state index in [9.17, 15) is 5.26 Å². The molecule has 0 bridgehead atoms. The summed E-state index contributed by atoms with van der Waals surface area (Å²) in [6.07, 6.45) is 3.64. The maximum absolute atomic E-state index is 9.29. The van der Waals surface area contributed by atoms with Gasteiger partial charge in [0.2, 0.25) is 0 Å². The minimum absolute atomic E-state index is 0.423. The molecule has 0 saturated heterocycles. The Kier molecular flexibility index (Phi) is 6.12. The second-order valence-corrected chi connectivity index (χ2v) is 6.39. The van der Waals surface area contributed by atoms with E-state index in [1.807, 2.05) is 31.4 Å². The van der Waals surface area contributed by atoms with Crippen molar-refractivity contribution in [1.82, 2.24) is 20.2 Å². The van der Waals surface area contributed by atoms with Crippen LogP contribution in [0.15, 0.2) is 41.6 Å². The molecular formula is C18H19N7OS. The van der Waals surface area contributed by atoms with Crippen LogP contribution in [0.5, 0.6) is 5.75 Å². The Morgan fingerprint density at radius 1 is 1.30 bits per heavy atom. The van der Waals surface area contributed by atoms with Gasteiger partial charge in [0.1, 0.15) is 40.9 Å². The third kappa shape index (κ3) is 5.12. The zero-order valence-corrected chi connectivity index (χ0v) is 15.8. The van der Waals surface area contributed by atoms with Crippen molar-refractivity contribution in [3.05, 3.63) is 47.8 Å². The van der Waals surface area contributed by atoms with Crippen LogP contribution in [-0.4, -0.2) is 39.6 Å². The van der Waals surface area contributed by atoms with E-state index in [4.69, 9.17) is 4.74 Å². The van der Waals surface area contributed by atoms with Gasteiger partial charge in [0.05, 0.1) is 18.3 Å². The average molecular weight is 381 g/mol. The van der Waals surface area contributed by atoms with E-state index in [1.54, 1.807) is 30.1 Å². The zero-order chi connectivity index (χ0) is 19.1. The van der Waals surface area contributed by atoms with E-state index in [0.29, 0.717) is 36.1 Å². The lowest BCUT2D eigenvalue weighted by atomic mass is 10.2. The topological polar surface area (TPSA) is 112 Å². The van der Waals surface area contributed by atoms with E-state index in [-0.39, 0.29) is 0 Å². The summed E-state index contributed by atoms with van der Waals surface area (Å²) in [4.78, 5) is 8.65. The first-order valence-electron chi connectivity index (χ1n) is 8.25. The van der Waals surface area contributed by atoms with E-state index in [1.165, 1.54) is 0 Å². The number of nitriles is 1. The zero-order valence-electron chi connectivity index (χ0n) is 15.0. The third-order valence-electron chi connectivity index (χ3n) is 3.59. The molecule has 3 aromatic rings. The predicted octanol–water partition coefficient (Wildman–Crippen LogP) is 3.34. The van der Waals surface area contributed by atoms with Gasteiger partial charge in [-0.3, -0.25) is 10.1 Å². The maximum atomic E-state index is 9.29. The fourth-order valence-electron chi connectivity index (χ4n) is 2.24. The molecule has 9 heteroatoms. The van der Waals surface area contributed by atoms with Crippen molar-refractivity contribution in [2.24, 2.45) is 0 Å². The second kappa shape index (κ2) is 8.91. The summed E-state index contributed by atoms with van der Waals surface area (Å²) in [7, 11) is 0. The average Bonchev–Trinajstić information content (AvgIpc) is 3.14. The minimum Gasteiger partial charge on any atom is -0.490 e. The van der Waals surface area contributed by atoms with Gasteiger partial charge in [-0.05, 0) is 37.4 Å². The number of aromatic nitrogens is 4. The molecule has 0 saturated carbocycles. The number of aryl methyl sites for hydroxylation is 1. The number of rotatable bonds is 8. The molecule has 0 atom stereocenters. The van der Waals surface area contributed by atoms with Crippen LogP contribution in [0.3, 0.4) is 0 Å². The van der Waals surface area contributed by atoms with Crippen molar-refractivity contribution in [2.75, 3.05) is 30.0 Å². The molecule has 0 aromatic carbocycles. The van der Waals surface area contributed by atoms with E-state index >= 15 is 0 Å². The molecule has 0 radical (unpaired) electrons. The van der Waals surface area contributed by atoms with Crippen LogP contribution in [0, 0.1) is 18.3 Å². The number of hydrogen-bond donors (Lipinski definition) is 3. The highest BCUT2D eigenvalue weighted by molar-refractivity contribution is 7.98. The normalized spacial score (nSPS) is 10.3. The molecule has 3 aromatic heterocycles. The molecule has 3 N–H and O–H groups in total. The van der Waals surface area contributed by atoms with Crippen molar-refractivity contribution >= 4 is 29.2 Å². The highest BCUT2D eigenvalue weighted by Gasteiger charge is 2.07. The summed E-state index contributed by atoms with van der Waals surface area (Å²) in [5.41, 5.74) is 1.40. The smallest absolute Gasteiger partial charge is 0.146 e. The Hall–Kier alpha value is -3.25. The third-order valence-corrected chi connectivity index (χ3v) is 4.22. The Morgan fingerprint density at radius 3 is 2.89 bits per heavy atom. The highest BCUT2D eigenvalue weighted by Crippen LogP contribution is 2.21. The molecule has 0 fully saturated rings. The van der Waals surface area contributed by atoms with Crippen molar-refractivity contribution in [3.8, 4) is 11.8 Å². The van der Waals surface area contributed by atoms with Gasteiger partial charge in [-0.15, -0.1) is 11.8 Å². The van der Waals surface area contributed by atoms with Crippen LogP contribution in [0.25, 0.3) is 0 Å². The number of nitrogens with one attached hydrogen (secondary N) is 3. The van der Waals surface area contributed by atoms with E-state index in [0.717, 1.165) is 16.5 Å². The maximum Gasteiger partial charge on any atom is 0.146 e. The van der Waals surface area contributed by atoms with Crippen LogP contribution < -0.4 is 15.4 Å². The molecule has 3 heterocycles. The molecule has 0 aliphatic carbocycles. The number of anilines is 3. The number of pyridine rings is 2. The Labute approximate surface area is 161 Å². The summed E-state index contributed by atoms with van der Waals surface area (Å²) in [5, 5.41) is 23.5. The molecule has 0 spiro atoms. The monoisotopic (exact) mass is 381 g/mol. The van der Waals surface area contributed by atoms with Crippen molar-refractivity contribution in [3.63, 3.8) is 0 Å². The second-order valence-electron chi connectivity index (χ2n) is 5.56. The van der Waals surface area contributed by atoms with E-state index in [2.05, 4.69) is 36.9 Å². The number of H-pyrrole nitrogens is 1. The fourth-order valence-corrected chi connectivity index (χ4v) is 2.61. The molecular weight excluding hydrogens is 362 g/mol. The first-order chi connectivity index (χ1) is 13.2. The highest BCUT2D eigenvalue weighted by atomic mass is 32.2. The molecule has 0 aliphatic rings. The molecule has 0 amide bonds. The van der Waals surface area contributed by atoms with Crippen LogP contribution in [0.4, 0.5) is 17.5 Å². The van der Waals surface area contributed by atoms with Crippen molar-refractivity contribution in [2.45, 2.75) is 11.9 Å². The summed E-state index contributed by atoms with van der Waals surface area (Å²) in [6.45, 7) is 2.85. The fraction of sp³-hybridized carbons (Fsp3) is 0.222. The van der Waals surface area contributed by atoms with Gasteiger partial charge in [-0.2, -0.15) is 10.4 Å². The summed E-state index contributed by atoms with van der Waals surface area (Å²) < 4.78 is 5.63. The molecule has 8 nitrogen and oxygen atoms in total. The Morgan fingerprint density at radius 2 is 2.19 bits per heavy atom. The first kappa shape index (κ1) is 18.5. The Balaban J connectivity index is 1.59. The number of hydrogen-bond acceptors (Lipinski definition) is 8. The lowest BCUT2D eigenvalue weighted by Crippen LogP contribution is -2.13. The van der Waals surface area contributed by atoms with Gasteiger partial charge in [-0.25, -0.2) is 4.98 Å². The molecule has 0 unspecified atom stereocenters. The van der Waals surface area contributed by atoms with Gasteiger partial charge in [-0.1, -0.05) is 0 Å². The van der Waals surface area contributed by atoms with Gasteiger partial charge in [0, 0.05) is 11.8 Å². The summed E-state index contributed by atoms with van der Waals surface area (Å²) in [6, 6.07) is 11.3. The summed E-state index contributed by atoms with van der Waals surface area (Å²) in [5.74, 6) is 2.54. The lowest BCUT2D eigenvalue weighted by molar-refractivity contribution is 0.331. The standard InChI is InChI=1S/C18H19N7OS/c1-12-3-5-14(11-21-12)26-8-7-20-18-13(10-19)4-6-15(23-18)22-16-9-17(27-2)25-24-16/h3-6,9,11H,7-8H2,1-2H3,(H3,20,22,23,24,25). The number of aromatic amines is 1. The summed E-state index contributed by atoms with van der Waals surface area (Å²) >= 11 is 1.55. The van der Waals surface area contributed by atoms with Crippen LogP contribution in [-0.2, 0) is 0 Å². The van der Waals surface area contributed by atoms with Crippen LogP contribution in [0.1, 0.15) is 11.3 Å². The van der Waals surface area contributed by atoms with Crippen LogP contribution >= 0.6 is 11.8 Å². The predicted molar refractivity (Wildman–Crippen MR) is 106 cm³/mol. The van der Waals surface area contributed by atoms with Crippen molar-refractivity contribution in [1.29, 1.82) is 5.26 Å². The SMILES string of the molecule is CSc1cc(Nc2ccc(C#N)c(NCCOc3ccc(C)nc3)n2)[nH]n1. The number of nitrogens with zero attached hydrogens (tertiary/aromatic N) is 4. The Bertz CT molecular complexity index is 934. The largest absolute Gasteiger partial charge is 0.490 e. The van der Waals surface area contributed by atoms with Gasteiger partial charge >= 0.3 is 0 Å². The van der Waals surface area contributed by atoms with Gasteiger partial charge < -0.3 is 15.4 Å². The first-order valence-corrected chi connectivity index (χ1v) is 9.47. The molecule has 3 rings (SSSR count). The molecule has 138 valence electrons. The molecule has 27 heavy (non-hydrogen) atoms. The minimum atomic E-state index is 0.423. The lowest BCUT2D eigenvalue weighted by Gasteiger charge is -2.11. The van der Waals surface area contributed by atoms with Crippen LogP contribution in [0.2, 0.25) is 0 Å². The van der Waals surface area contributed by atoms with Gasteiger partial charge in [0.15, 0.2) is 0 Å². The van der Waals surface area contributed by atoms with E-state index < -0.39 is 0 Å².